The summed E-state index contributed by atoms with van der Waals surface area (Å²) in [5, 5.41) is 11.7. The van der Waals surface area contributed by atoms with Gasteiger partial charge in [0.25, 0.3) is 0 Å². The topological polar surface area (TPSA) is 66.4 Å². The summed E-state index contributed by atoms with van der Waals surface area (Å²) < 4.78 is 0. The van der Waals surface area contributed by atoms with Crippen molar-refractivity contribution in [1.82, 2.24) is 5.32 Å². The molecule has 0 radical (unpaired) electrons. The Morgan fingerprint density at radius 2 is 1.76 bits per heavy atom. The molecular formula is C17H17NO3. The van der Waals surface area contributed by atoms with E-state index in [2.05, 4.69) is 5.32 Å². The first kappa shape index (κ1) is 14.8. The van der Waals surface area contributed by atoms with E-state index in [9.17, 15) is 9.59 Å². The van der Waals surface area contributed by atoms with E-state index in [1.807, 2.05) is 31.2 Å². The Labute approximate surface area is 123 Å². The van der Waals surface area contributed by atoms with E-state index in [0.29, 0.717) is 13.0 Å². The maximum atomic E-state index is 11.9. The van der Waals surface area contributed by atoms with Gasteiger partial charge in [-0.05, 0) is 30.2 Å². The summed E-state index contributed by atoms with van der Waals surface area (Å²) in [6, 6.07) is 14.4. The number of aromatic carboxylic acids is 1. The smallest absolute Gasteiger partial charge is 0.335 e. The molecule has 0 atom stereocenters. The van der Waals surface area contributed by atoms with Crippen LogP contribution in [0.2, 0.25) is 0 Å². The molecule has 2 rings (SSSR count). The van der Waals surface area contributed by atoms with Crippen molar-refractivity contribution in [3.05, 3.63) is 70.8 Å². The highest BCUT2D eigenvalue weighted by molar-refractivity contribution is 5.87. The van der Waals surface area contributed by atoms with Crippen LogP contribution in [0.15, 0.2) is 48.5 Å². The van der Waals surface area contributed by atoms with Gasteiger partial charge in [0.05, 0.1) is 12.0 Å². The third-order valence-electron chi connectivity index (χ3n) is 3.11. The van der Waals surface area contributed by atoms with Crippen LogP contribution in [-0.2, 0) is 17.8 Å². The van der Waals surface area contributed by atoms with Gasteiger partial charge < -0.3 is 10.4 Å². The fourth-order valence-corrected chi connectivity index (χ4v) is 2.08. The predicted octanol–water partition coefficient (Wildman–Crippen LogP) is 2.55. The third-order valence-corrected chi connectivity index (χ3v) is 3.11. The average molecular weight is 283 g/mol. The molecule has 0 bridgehead atoms. The second-order valence-electron chi connectivity index (χ2n) is 4.95. The van der Waals surface area contributed by atoms with Crippen LogP contribution in [0.4, 0.5) is 0 Å². The predicted molar refractivity (Wildman–Crippen MR) is 80.1 cm³/mol. The number of carbonyl (C=O) groups excluding carboxylic acids is 1. The van der Waals surface area contributed by atoms with E-state index in [4.69, 9.17) is 5.11 Å². The highest BCUT2D eigenvalue weighted by Crippen LogP contribution is 2.07. The van der Waals surface area contributed by atoms with Crippen LogP contribution in [-0.4, -0.2) is 17.0 Å². The summed E-state index contributed by atoms with van der Waals surface area (Å²) >= 11 is 0. The van der Waals surface area contributed by atoms with Crippen LogP contribution in [0, 0.1) is 6.92 Å². The zero-order chi connectivity index (χ0) is 15.2. The summed E-state index contributed by atoms with van der Waals surface area (Å²) in [5.74, 6) is -1.05. The number of hydrogen-bond donors (Lipinski definition) is 2. The van der Waals surface area contributed by atoms with Gasteiger partial charge in [-0.2, -0.15) is 0 Å². The van der Waals surface area contributed by atoms with E-state index in [-0.39, 0.29) is 11.5 Å². The monoisotopic (exact) mass is 283 g/mol. The summed E-state index contributed by atoms with van der Waals surface area (Å²) in [6.45, 7) is 2.31. The average Bonchev–Trinajstić information content (AvgIpc) is 2.45. The van der Waals surface area contributed by atoms with Crippen LogP contribution in [0.1, 0.15) is 27.0 Å². The molecule has 108 valence electrons. The lowest BCUT2D eigenvalue weighted by Crippen LogP contribution is -2.24. The quantitative estimate of drug-likeness (QED) is 0.886. The van der Waals surface area contributed by atoms with Gasteiger partial charge in [0, 0.05) is 6.54 Å². The minimum Gasteiger partial charge on any atom is -0.478 e. The number of carboxylic acid groups (broad SMARTS) is 1. The number of rotatable bonds is 5. The van der Waals surface area contributed by atoms with Crippen LogP contribution < -0.4 is 5.32 Å². The molecule has 0 aliphatic carbocycles. The van der Waals surface area contributed by atoms with E-state index in [1.165, 1.54) is 6.07 Å². The Kier molecular flexibility index (Phi) is 4.72. The van der Waals surface area contributed by atoms with Gasteiger partial charge in [-0.1, -0.05) is 42.0 Å². The summed E-state index contributed by atoms with van der Waals surface area (Å²) in [6.07, 6.45) is 0.320. The van der Waals surface area contributed by atoms with Crippen molar-refractivity contribution in [2.75, 3.05) is 0 Å². The standard InChI is InChI=1S/C17H17NO3/c1-12-4-2-5-13(8-12)10-16(19)18-11-14-6-3-7-15(9-14)17(20)21/h2-9H,10-11H2,1H3,(H,18,19)(H,20,21). The van der Waals surface area contributed by atoms with Gasteiger partial charge in [-0.3, -0.25) is 4.79 Å². The van der Waals surface area contributed by atoms with Crippen molar-refractivity contribution in [3.8, 4) is 0 Å². The highest BCUT2D eigenvalue weighted by atomic mass is 16.4. The third kappa shape index (κ3) is 4.45. The molecule has 0 saturated heterocycles. The second kappa shape index (κ2) is 6.70. The number of aryl methyl sites for hydroxylation is 1. The zero-order valence-corrected chi connectivity index (χ0v) is 11.8. The largest absolute Gasteiger partial charge is 0.478 e. The molecule has 0 heterocycles. The van der Waals surface area contributed by atoms with Gasteiger partial charge in [-0.15, -0.1) is 0 Å². The van der Waals surface area contributed by atoms with Crippen LogP contribution in [0.5, 0.6) is 0 Å². The molecule has 0 aliphatic rings. The first-order valence-corrected chi connectivity index (χ1v) is 6.69. The molecule has 1 amide bonds. The molecule has 21 heavy (non-hydrogen) atoms. The minimum absolute atomic E-state index is 0.0821. The van der Waals surface area contributed by atoms with Gasteiger partial charge in [0.1, 0.15) is 0 Å². The van der Waals surface area contributed by atoms with E-state index >= 15 is 0 Å². The van der Waals surface area contributed by atoms with E-state index in [1.54, 1.807) is 18.2 Å². The number of carbonyl (C=O) groups is 2. The molecule has 4 nitrogen and oxygen atoms in total. The normalized spacial score (nSPS) is 10.1. The Morgan fingerprint density at radius 3 is 2.48 bits per heavy atom. The number of carboxylic acids is 1. The lowest BCUT2D eigenvalue weighted by Gasteiger charge is -2.07. The number of nitrogens with one attached hydrogen (secondary N) is 1. The van der Waals surface area contributed by atoms with Crippen molar-refractivity contribution >= 4 is 11.9 Å². The van der Waals surface area contributed by atoms with E-state index in [0.717, 1.165) is 16.7 Å². The number of hydrogen-bond acceptors (Lipinski definition) is 2. The highest BCUT2D eigenvalue weighted by Gasteiger charge is 2.06. The lowest BCUT2D eigenvalue weighted by atomic mass is 10.1. The van der Waals surface area contributed by atoms with Crippen molar-refractivity contribution in [1.29, 1.82) is 0 Å². The van der Waals surface area contributed by atoms with Crippen LogP contribution in [0.25, 0.3) is 0 Å². The van der Waals surface area contributed by atoms with Crippen molar-refractivity contribution in [3.63, 3.8) is 0 Å². The van der Waals surface area contributed by atoms with Gasteiger partial charge >= 0.3 is 5.97 Å². The van der Waals surface area contributed by atoms with Crippen molar-refractivity contribution < 1.29 is 14.7 Å². The first-order chi connectivity index (χ1) is 10.0. The zero-order valence-electron chi connectivity index (χ0n) is 11.8. The fourth-order valence-electron chi connectivity index (χ4n) is 2.08. The summed E-state index contributed by atoms with van der Waals surface area (Å²) in [4.78, 5) is 22.8. The maximum Gasteiger partial charge on any atom is 0.335 e. The summed E-state index contributed by atoms with van der Waals surface area (Å²) in [7, 11) is 0. The van der Waals surface area contributed by atoms with Gasteiger partial charge in [0.15, 0.2) is 0 Å². The molecule has 0 aromatic heterocycles. The lowest BCUT2D eigenvalue weighted by molar-refractivity contribution is -0.120. The fraction of sp³-hybridized carbons (Fsp3) is 0.176. The number of benzene rings is 2. The molecule has 0 spiro atoms. The number of amides is 1. The Bertz CT molecular complexity index is 665. The molecule has 0 saturated carbocycles. The molecule has 0 aliphatic heterocycles. The summed E-state index contributed by atoms with van der Waals surface area (Å²) in [5.41, 5.74) is 3.08. The van der Waals surface area contributed by atoms with Crippen LogP contribution in [0.3, 0.4) is 0 Å². The SMILES string of the molecule is Cc1cccc(CC(=O)NCc2cccc(C(=O)O)c2)c1. The minimum atomic E-state index is -0.970. The Balaban J connectivity index is 1.92. The molecular weight excluding hydrogens is 266 g/mol. The van der Waals surface area contributed by atoms with E-state index < -0.39 is 5.97 Å². The van der Waals surface area contributed by atoms with Gasteiger partial charge in [0.2, 0.25) is 5.91 Å². The Hall–Kier alpha value is -2.62. The Morgan fingerprint density at radius 1 is 1.05 bits per heavy atom. The van der Waals surface area contributed by atoms with Crippen LogP contribution >= 0.6 is 0 Å². The molecule has 2 aromatic rings. The maximum absolute atomic E-state index is 11.9. The molecule has 2 N–H and O–H groups in total. The van der Waals surface area contributed by atoms with Crippen molar-refractivity contribution in [2.45, 2.75) is 19.9 Å². The molecule has 0 unspecified atom stereocenters. The first-order valence-electron chi connectivity index (χ1n) is 6.69. The molecule has 4 heteroatoms. The second-order valence-corrected chi connectivity index (χ2v) is 4.95. The molecule has 2 aromatic carbocycles. The van der Waals surface area contributed by atoms with Crippen molar-refractivity contribution in [2.24, 2.45) is 0 Å². The van der Waals surface area contributed by atoms with Gasteiger partial charge in [-0.25, -0.2) is 4.79 Å². The molecule has 0 fully saturated rings.